The molecule has 0 aliphatic heterocycles. The van der Waals surface area contributed by atoms with Gasteiger partial charge >= 0.3 is 0 Å². The molecule has 0 radical (unpaired) electrons. The molecule has 0 atom stereocenters. The first-order valence-electron chi connectivity index (χ1n) is 4.10. The molecule has 3 heteroatoms. The Labute approximate surface area is 73.3 Å². The lowest BCUT2D eigenvalue weighted by Crippen LogP contribution is -2.10. The van der Waals surface area contributed by atoms with E-state index >= 15 is 0 Å². The third-order valence-corrected chi connectivity index (χ3v) is 1.83. The third kappa shape index (κ3) is 2.12. The van der Waals surface area contributed by atoms with Crippen molar-refractivity contribution in [3.63, 3.8) is 0 Å². The molecule has 0 saturated heterocycles. The number of nitrogens with zero attached hydrogens (tertiary/aromatic N) is 3. The molecule has 3 nitrogen and oxygen atoms in total. The van der Waals surface area contributed by atoms with E-state index in [2.05, 4.69) is 12.0 Å². The quantitative estimate of drug-likeness (QED) is 0.488. The summed E-state index contributed by atoms with van der Waals surface area (Å²) in [5.41, 5.74) is 1.12. The number of hydrogen-bond acceptors (Lipinski definition) is 2. The van der Waals surface area contributed by atoms with E-state index in [9.17, 15) is 0 Å². The molecular weight excluding hydrogens is 150 g/mol. The van der Waals surface area contributed by atoms with Crippen LogP contribution in [0.15, 0.2) is 23.4 Å². The predicted molar refractivity (Wildman–Crippen MR) is 51.3 cm³/mol. The zero-order valence-electron chi connectivity index (χ0n) is 7.86. The summed E-state index contributed by atoms with van der Waals surface area (Å²) in [6.07, 6.45) is 3.87. The van der Waals surface area contributed by atoms with E-state index in [4.69, 9.17) is 0 Å². The van der Waals surface area contributed by atoms with Crippen LogP contribution in [0, 0.1) is 0 Å². The number of aryl methyl sites for hydroxylation is 1. The summed E-state index contributed by atoms with van der Waals surface area (Å²) in [5, 5.41) is 6.13. The fourth-order valence-corrected chi connectivity index (χ4v) is 0.848. The number of rotatable bonds is 3. The van der Waals surface area contributed by atoms with Gasteiger partial charge in [0.1, 0.15) is 0 Å². The van der Waals surface area contributed by atoms with Gasteiger partial charge in [-0.15, -0.1) is 0 Å². The number of hydrazone groups is 1. The summed E-state index contributed by atoms with van der Waals surface area (Å²) >= 11 is 0. The van der Waals surface area contributed by atoms with Gasteiger partial charge in [0.15, 0.2) is 0 Å². The Balaban J connectivity index is 2.63. The van der Waals surface area contributed by atoms with Gasteiger partial charge in [0.2, 0.25) is 0 Å². The summed E-state index contributed by atoms with van der Waals surface area (Å²) < 4.78 is 2.03. The van der Waals surface area contributed by atoms with Gasteiger partial charge in [-0.3, -0.25) is 0 Å². The molecule has 1 aromatic heterocycles. The van der Waals surface area contributed by atoms with Crippen molar-refractivity contribution in [2.45, 2.75) is 6.92 Å². The van der Waals surface area contributed by atoms with Crippen molar-refractivity contribution in [2.75, 3.05) is 13.6 Å². The Morgan fingerprint density at radius 3 is 2.92 bits per heavy atom. The van der Waals surface area contributed by atoms with Crippen LogP contribution in [0.2, 0.25) is 0 Å². The zero-order chi connectivity index (χ0) is 8.97. The first-order valence-corrected chi connectivity index (χ1v) is 4.10. The van der Waals surface area contributed by atoms with Crippen molar-refractivity contribution in [3.05, 3.63) is 24.0 Å². The third-order valence-electron chi connectivity index (χ3n) is 1.83. The first kappa shape index (κ1) is 8.84. The molecule has 12 heavy (non-hydrogen) atoms. The van der Waals surface area contributed by atoms with Crippen molar-refractivity contribution in [2.24, 2.45) is 12.1 Å². The van der Waals surface area contributed by atoms with Gasteiger partial charge in [0, 0.05) is 26.8 Å². The van der Waals surface area contributed by atoms with Gasteiger partial charge < -0.3 is 9.58 Å². The average molecular weight is 165 g/mol. The molecule has 1 rings (SSSR count). The lowest BCUT2D eigenvalue weighted by molar-refractivity contribution is 0.377. The van der Waals surface area contributed by atoms with Crippen LogP contribution in [0.5, 0.6) is 0 Å². The van der Waals surface area contributed by atoms with Crippen molar-refractivity contribution >= 4 is 6.21 Å². The Morgan fingerprint density at radius 1 is 1.67 bits per heavy atom. The van der Waals surface area contributed by atoms with Crippen molar-refractivity contribution in [1.29, 1.82) is 0 Å². The maximum Gasteiger partial charge on any atom is 0.0707 e. The highest BCUT2D eigenvalue weighted by Crippen LogP contribution is 1.95. The minimum Gasteiger partial charge on any atom is -0.350 e. The minimum atomic E-state index is 0.931. The Bertz CT molecular complexity index is 262. The lowest BCUT2D eigenvalue weighted by Gasteiger charge is -2.07. The topological polar surface area (TPSA) is 20.5 Å². The summed E-state index contributed by atoms with van der Waals surface area (Å²) in [6, 6.07) is 4.04. The van der Waals surface area contributed by atoms with Gasteiger partial charge in [-0.05, 0) is 19.1 Å². The van der Waals surface area contributed by atoms with E-state index in [0.717, 1.165) is 12.2 Å². The highest BCUT2D eigenvalue weighted by atomic mass is 15.4. The molecule has 0 saturated carbocycles. The molecule has 1 aromatic rings. The number of hydrogen-bond donors (Lipinski definition) is 0. The lowest BCUT2D eigenvalue weighted by atomic mass is 10.5. The van der Waals surface area contributed by atoms with E-state index in [1.807, 2.05) is 48.2 Å². The largest absolute Gasteiger partial charge is 0.350 e. The van der Waals surface area contributed by atoms with Crippen LogP contribution in [0.1, 0.15) is 12.6 Å². The van der Waals surface area contributed by atoms with Gasteiger partial charge in [-0.25, -0.2) is 0 Å². The van der Waals surface area contributed by atoms with Gasteiger partial charge in [-0.2, -0.15) is 5.10 Å². The van der Waals surface area contributed by atoms with Crippen molar-refractivity contribution in [1.82, 2.24) is 9.58 Å². The molecule has 0 N–H and O–H groups in total. The standard InChI is InChI=1S/C9H15N3/c1-4-12(3)10-8-9-6-5-7-11(9)2/h5-8H,4H2,1-3H3/b10-8+. The van der Waals surface area contributed by atoms with Crippen molar-refractivity contribution < 1.29 is 0 Å². The highest BCUT2D eigenvalue weighted by Gasteiger charge is 1.91. The maximum absolute atomic E-state index is 4.23. The van der Waals surface area contributed by atoms with Crippen LogP contribution in [0.4, 0.5) is 0 Å². The van der Waals surface area contributed by atoms with Crippen LogP contribution < -0.4 is 0 Å². The molecule has 0 amide bonds. The molecule has 0 aliphatic carbocycles. The molecule has 0 aliphatic rings. The average Bonchev–Trinajstić information content (AvgIpc) is 2.47. The molecule has 0 unspecified atom stereocenters. The van der Waals surface area contributed by atoms with Crippen LogP contribution in [0.25, 0.3) is 0 Å². The molecule has 0 fully saturated rings. The minimum absolute atomic E-state index is 0.931. The SMILES string of the molecule is CCN(C)/N=C/c1cccn1C. The Hall–Kier alpha value is -1.25. The van der Waals surface area contributed by atoms with E-state index in [1.165, 1.54) is 0 Å². The van der Waals surface area contributed by atoms with E-state index in [-0.39, 0.29) is 0 Å². The van der Waals surface area contributed by atoms with Crippen LogP contribution in [-0.4, -0.2) is 29.4 Å². The molecule has 0 spiro atoms. The van der Waals surface area contributed by atoms with Gasteiger partial charge in [0.05, 0.1) is 11.9 Å². The van der Waals surface area contributed by atoms with Gasteiger partial charge in [0.25, 0.3) is 0 Å². The van der Waals surface area contributed by atoms with E-state index < -0.39 is 0 Å². The van der Waals surface area contributed by atoms with Crippen LogP contribution in [-0.2, 0) is 7.05 Å². The van der Waals surface area contributed by atoms with E-state index in [1.54, 1.807) is 0 Å². The maximum atomic E-state index is 4.23. The van der Waals surface area contributed by atoms with Crippen LogP contribution in [0.3, 0.4) is 0 Å². The molecular formula is C9H15N3. The smallest absolute Gasteiger partial charge is 0.0707 e. The summed E-state index contributed by atoms with van der Waals surface area (Å²) in [7, 11) is 3.97. The zero-order valence-corrected chi connectivity index (χ0v) is 7.86. The molecule has 0 aromatic carbocycles. The van der Waals surface area contributed by atoms with E-state index in [0.29, 0.717) is 0 Å². The summed E-state index contributed by atoms with van der Waals surface area (Å²) in [5.74, 6) is 0. The summed E-state index contributed by atoms with van der Waals surface area (Å²) in [4.78, 5) is 0. The second-order valence-electron chi connectivity index (χ2n) is 2.76. The fourth-order valence-electron chi connectivity index (χ4n) is 0.848. The van der Waals surface area contributed by atoms with Gasteiger partial charge in [-0.1, -0.05) is 0 Å². The second kappa shape index (κ2) is 3.95. The molecule has 0 bridgehead atoms. The number of aromatic nitrogens is 1. The normalized spacial score (nSPS) is 10.9. The highest BCUT2D eigenvalue weighted by molar-refractivity contribution is 5.77. The summed E-state index contributed by atoms with van der Waals surface area (Å²) in [6.45, 7) is 3.00. The Kier molecular flexibility index (Phi) is 2.91. The molecule has 1 heterocycles. The second-order valence-corrected chi connectivity index (χ2v) is 2.76. The van der Waals surface area contributed by atoms with Crippen LogP contribution >= 0.6 is 0 Å². The molecule has 66 valence electrons. The Morgan fingerprint density at radius 2 is 2.42 bits per heavy atom. The van der Waals surface area contributed by atoms with Crippen molar-refractivity contribution in [3.8, 4) is 0 Å². The monoisotopic (exact) mass is 165 g/mol. The first-order chi connectivity index (χ1) is 5.74. The fraction of sp³-hybridized carbons (Fsp3) is 0.444. The predicted octanol–water partition coefficient (Wildman–Crippen LogP) is 1.31.